The summed E-state index contributed by atoms with van der Waals surface area (Å²) < 4.78 is 11.3. The van der Waals surface area contributed by atoms with Crippen molar-refractivity contribution in [2.45, 2.75) is 25.3 Å². The molecule has 1 unspecified atom stereocenters. The summed E-state index contributed by atoms with van der Waals surface area (Å²) in [5.74, 6) is 0.672. The maximum absolute atomic E-state index is 9.28. The first-order valence-electron chi connectivity index (χ1n) is 8.26. The normalized spacial score (nSPS) is 25.7. The highest BCUT2D eigenvalue weighted by Gasteiger charge is 2.39. The molecule has 1 atom stereocenters. The third-order valence-electron chi connectivity index (χ3n) is 4.72. The lowest BCUT2D eigenvalue weighted by Gasteiger charge is -2.47. The van der Waals surface area contributed by atoms with E-state index in [2.05, 4.69) is 21.3 Å². The second-order valence-corrected chi connectivity index (χ2v) is 6.29. The Bertz CT molecular complexity index is 572. The van der Waals surface area contributed by atoms with E-state index in [0.717, 1.165) is 58.0 Å². The molecule has 0 amide bonds. The van der Waals surface area contributed by atoms with Gasteiger partial charge in [-0.3, -0.25) is 4.90 Å². The second kappa shape index (κ2) is 7.26. The number of pyridine rings is 1. The molecule has 0 radical (unpaired) electrons. The molecule has 3 heterocycles. The van der Waals surface area contributed by atoms with E-state index in [9.17, 15) is 5.26 Å². The van der Waals surface area contributed by atoms with Gasteiger partial charge in [0.2, 0.25) is 0 Å². The van der Waals surface area contributed by atoms with Crippen molar-refractivity contribution in [2.24, 2.45) is 0 Å². The largest absolute Gasteiger partial charge is 0.379 e. The Morgan fingerprint density at radius 2 is 2.13 bits per heavy atom. The van der Waals surface area contributed by atoms with E-state index < -0.39 is 0 Å². The number of ether oxygens (including phenoxy) is 2. The monoisotopic (exact) mass is 316 g/mol. The first-order chi connectivity index (χ1) is 11.2. The summed E-state index contributed by atoms with van der Waals surface area (Å²) in [4.78, 5) is 6.96. The van der Waals surface area contributed by atoms with Crippen molar-refractivity contribution in [3.05, 3.63) is 23.4 Å². The average molecular weight is 316 g/mol. The molecular formula is C17H24N4O2. The van der Waals surface area contributed by atoms with Crippen LogP contribution in [-0.2, 0) is 9.47 Å². The van der Waals surface area contributed by atoms with E-state index in [1.165, 1.54) is 0 Å². The number of anilines is 1. The molecule has 2 aliphatic heterocycles. The number of aromatic nitrogens is 1. The summed E-state index contributed by atoms with van der Waals surface area (Å²) in [6.45, 7) is 7.62. The van der Waals surface area contributed by atoms with Crippen molar-refractivity contribution >= 4 is 5.82 Å². The Kier molecular flexibility index (Phi) is 5.11. The molecule has 3 rings (SSSR count). The van der Waals surface area contributed by atoms with E-state index in [4.69, 9.17) is 9.47 Å². The Morgan fingerprint density at radius 1 is 1.30 bits per heavy atom. The molecule has 2 saturated heterocycles. The Morgan fingerprint density at radius 3 is 2.83 bits per heavy atom. The smallest absolute Gasteiger partial charge is 0.144 e. The summed E-state index contributed by atoms with van der Waals surface area (Å²) in [6, 6.07) is 5.90. The fraction of sp³-hybridized carbons (Fsp3) is 0.647. The number of hydrogen-bond acceptors (Lipinski definition) is 6. The number of morpholine rings is 1. The lowest BCUT2D eigenvalue weighted by molar-refractivity contribution is -0.0800. The molecule has 2 aliphatic rings. The molecule has 6 heteroatoms. The number of nitriles is 1. The SMILES string of the molecule is Cc1ccc(C#N)c(NCC2(N3CCOCC3)CCCOC2)n1. The summed E-state index contributed by atoms with van der Waals surface area (Å²) in [7, 11) is 0. The number of aryl methyl sites for hydroxylation is 1. The topological polar surface area (TPSA) is 70.4 Å². The second-order valence-electron chi connectivity index (χ2n) is 6.29. The zero-order valence-electron chi connectivity index (χ0n) is 13.7. The maximum Gasteiger partial charge on any atom is 0.144 e. The molecule has 1 aromatic rings. The molecule has 6 nitrogen and oxygen atoms in total. The lowest BCUT2D eigenvalue weighted by Crippen LogP contribution is -2.61. The number of rotatable bonds is 4. The Labute approximate surface area is 137 Å². The van der Waals surface area contributed by atoms with Gasteiger partial charge < -0.3 is 14.8 Å². The van der Waals surface area contributed by atoms with Crippen molar-refractivity contribution in [3.63, 3.8) is 0 Å². The van der Waals surface area contributed by atoms with Crippen LogP contribution in [0.5, 0.6) is 0 Å². The van der Waals surface area contributed by atoms with Crippen LogP contribution in [0.4, 0.5) is 5.82 Å². The standard InChI is InChI=1S/C17H24N4O2/c1-14-3-4-15(11-18)16(20-14)19-12-17(5-2-8-23-13-17)21-6-9-22-10-7-21/h3-4H,2,5-10,12-13H2,1H3,(H,19,20). The van der Waals surface area contributed by atoms with Crippen LogP contribution in [0.15, 0.2) is 12.1 Å². The van der Waals surface area contributed by atoms with Crippen LogP contribution in [0.2, 0.25) is 0 Å². The minimum atomic E-state index is -0.0415. The van der Waals surface area contributed by atoms with Gasteiger partial charge in [-0.15, -0.1) is 0 Å². The zero-order valence-corrected chi connectivity index (χ0v) is 13.7. The highest BCUT2D eigenvalue weighted by atomic mass is 16.5. The molecule has 0 saturated carbocycles. The van der Waals surface area contributed by atoms with Gasteiger partial charge in [-0.1, -0.05) is 0 Å². The number of hydrogen-bond donors (Lipinski definition) is 1. The van der Waals surface area contributed by atoms with Crippen LogP contribution in [0, 0.1) is 18.3 Å². The van der Waals surface area contributed by atoms with Crippen LogP contribution in [0.25, 0.3) is 0 Å². The lowest BCUT2D eigenvalue weighted by atomic mass is 9.89. The van der Waals surface area contributed by atoms with Gasteiger partial charge in [0.05, 0.1) is 30.9 Å². The molecule has 2 fully saturated rings. The Hall–Kier alpha value is -1.68. The van der Waals surface area contributed by atoms with Crippen LogP contribution in [0.1, 0.15) is 24.1 Å². The van der Waals surface area contributed by atoms with Crippen LogP contribution >= 0.6 is 0 Å². The van der Waals surface area contributed by atoms with Gasteiger partial charge in [0.1, 0.15) is 11.9 Å². The minimum absolute atomic E-state index is 0.0415. The van der Waals surface area contributed by atoms with Crippen molar-refractivity contribution in [2.75, 3.05) is 51.4 Å². The van der Waals surface area contributed by atoms with Crippen LogP contribution in [-0.4, -0.2) is 61.5 Å². The molecule has 0 aliphatic carbocycles. The molecule has 1 aromatic heterocycles. The van der Waals surface area contributed by atoms with E-state index >= 15 is 0 Å². The van der Waals surface area contributed by atoms with E-state index in [0.29, 0.717) is 18.0 Å². The Balaban J connectivity index is 1.76. The van der Waals surface area contributed by atoms with E-state index in [1.54, 1.807) is 0 Å². The number of nitrogens with one attached hydrogen (secondary N) is 1. The zero-order chi connectivity index (χ0) is 16.1. The predicted octanol–water partition coefficient (Wildman–Crippen LogP) is 1.55. The third-order valence-corrected chi connectivity index (χ3v) is 4.72. The van der Waals surface area contributed by atoms with Gasteiger partial charge in [0.25, 0.3) is 0 Å². The molecule has 23 heavy (non-hydrogen) atoms. The van der Waals surface area contributed by atoms with Crippen molar-refractivity contribution in [3.8, 4) is 6.07 Å². The van der Waals surface area contributed by atoms with Crippen molar-refractivity contribution in [1.82, 2.24) is 9.88 Å². The third kappa shape index (κ3) is 3.63. The predicted molar refractivity (Wildman–Crippen MR) is 87.4 cm³/mol. The molecule has 1 N–H and O–H groups in total. The molecule has 124 valence electrons. The van der Waals surface area contributed by atoms with Crippen molar-refractivity contribution in [1.29, 1.82) is 5.26 Å². The maximum atomic E-state index is 9.28. The summed E-state index contributed by atoms with van der Waals surface area (Å²) in [6.07, 6.45) is 2.15. The van der Waals surface area contributed by atoms with Gasteiger partial charge in [0, 0.05) is 31.9 Å². The van der Waals surface area contributed by atoms with Gasteiger partial charge in [-0.05, 0) is 31.9 Å². The molecule has 0 spiro atoms. The fourth-order valence-electron chi connectivity index (χ4n) is 3.41. The quantitative estimate of drug-likeness (QED) is 0.909. The molecule has 0 bridgehead atoms. The minimum Gasteiger partial charge on any atom is -0.379 e. The molecular weight excluding hydrogens is 292 g/mol. The van der Waals surface area contributed by atoms with Gasteiger partial charge in [0.15, 0.2) is 0 Å². The average Bonchev–Trinajstić information content (AvgIpc) is 2.62. The first kappa shape index (κ1) is 16.2. The van der Waals surface area contributed by atoms with Crippen LogP contribution in [0.3, 0.4) is 0 Å². The summed E-state index contributed by atoms with van der Waals surface area (Å²) >= 11 is 0. The molecule has 0 aromatic carbocycles. The van der Waals surface area contributed by atoms with E-state index in [-0.39, 0.29) is 5.54 Å². The summed E-state index contributed by atoms with van der Waals surface area (Å²) in [5.41, 5.74) is 1.46. The summed E-state index contributed by atoms with van der Waals surface area (Å²) in [5, 5.41) is 12.7. The van der Waals surface area contributed by atoms with Crippen LogP contribution < -0.4 is 5.32 Å². The highest BCUT2D eigenvalue weighted by Crippen LogP contribution is 2.28. The van der Waals surface area contributed by atoms with Crippen molar-refractivity contribution < 1.29 is 9.47 Å². The van der Waals surface area contributed by atoms with Gasteiger partial charge in [-0.25, -0.2) is 4.98 Å². The van der Waals surface area contributed by atoms with Gasteiger partial charge in [-0.2, -0.15) is 5.26 Å². The van der Waals surface area contributed by atoms with Gasteiger partial charge >= 0.3 is 0 Å². The fourth-order valence-corrected chi connectivity index (χ4v) is 3.41. The van der Waals surface area contributed by atoms with E-state index in [1.807, 2.05) is 19.1 Å². The first-order valence-corrected chi connectivity index (χ1v) is 8.26. The highest BCUT2D eigenvalue weighted by molar-refractivity contribution is 5.52. The number of nitrogens with zero attached hydrogens (tertiary/aromatic N) is 3.